The molecule has 0 aliphatic rings. The lowest BCUT2D eigenvalue weighted by atomic mass is 10.2. The number of carbonyl (C=O) groups is 1. The van der Waals surface area contributed by atoms with E-state index in [-0.39, 0.29) is 12.0 Å². The highest BCUT2D eigenvalue weighted by molar-refractivity contribution is 5.66. The Bertz CT molecular complexity index is 392. The Labute approximate surface area is 75.4 Å². The molecule has 0 atom stereocenters. The van der Waals surface area contributed by atoms with Crippen molar-refractivity contribution in [1.29, 1.82) is 0 Å². The number of aryl methyl sites for hydroxylation is 2. The Hall–Kier alpha value is -1.58. The van der Waals surface area contributed by atoms with Gasteiger partial charge in [-0.3, -0.25) is 9.59 Å². The Balaban J connectivity index is 3.16. The maximum Gasteiger partial charge on any atom is 0.323 e. The number of hydrogen-bond acceptors (Lipinski definition) is 2. The van der Waals surface area contributed by atoms with Crippen molar-refractivity contribution in [2.75, 3.05) is 0 Å². The summed E-state index contributed by atoms with van der Waals surface area (Å²) in [6.07, 6.45) is 1.56. The summed E-state index contributed by atoms with van der Waals surface area (Å²) in [6.45, 7) is 3.27. The molecule has 0 aromatic carbocycles. The molecule has 0 amide bonds. The number of aliphatic carboxylic acids is 1. The quantitative estimate of drug-likeness (QED) is 0.724. The minimum absolute atomic E-state index is 0.0564. The highest BCUT2D eigenvalue weighted by Crippen LogP contribution is 1.97. The van der Waals surface area contributed by atoms with E-state index in [4.69, 9.17) is 5.11 Å². The van der Waals surface area contributed by atoms with Crippen LogP contribution in [-0.2, 0) is 11.3 Å². The molecule has 0 aliphatic carbocycles. The van der Waals surface area contributed by atoms with Crippen molar-refractivity contribution in [2.45, 2.75) is 20.4 Å². The Kier molecular flexibility index (Phi) is 2.51. The van der Waals surface area contributed by atoms with Gasteiger partial charge < -0.3 is 9.67 Å². The van der Waals surface area contributed by atoms with E-state index in [1.54, 1.807) is 24.6 Å². The maximum atomic E-state index is 11.1. The lowest BCUT2D eigenvalue weighted by Crippen LogP contribution is -2.16. The van der Waals surface area contributed by atoms with Gasteiger partial charge in [-0.1, -0.05) is 0 Å². The van der Waals surface area contributed by atoms with Crippen molar-refractivity contribution in [3.8, 4) is 0 Å². The van der Waals surface area contributed by atoms with Crippen LogP contribution in [0, 0.1) is 13.8 Å². The van der Waals surface area contributed by atoms with E-state index < -0.39 is 5.97 Å². The number of rotatable bonds is 2. The molecule has 0 unspecified atom stereocenters. The van der Waals surface area contributed by atoms with Crippen LogP contribution in [-0.4, -0.2) is 15.6 Å². The first-order valence-corrected chi connectivity index (χ1v) is 3.90. The van der Waals surface area contributed by atoms with E-state index in [0.717, 1.165) is 0 Å². The first-order chi connectivity index (χ1) is 6.00. The number of pyridine rings is 1. The molecule has 0 spiro atoms. The summed E-state index contributed by atoms with van der Waals surface area (Å²) in [7, 11) is 0. The third-order valence-corrected chi connectivity index (χ3v) is 1.84. The largest absolute Gasteiger partial charge is 0.480 e. The van der Waals surface area contributed by atoms with Gasteiger partial charge >= 0.3 is 5.97 Å². The summed E-state index contributed by atoms with van der Waals surface area (Å²) in [5.41, 5.74) is 1.17. The van der Waals surface area contributed by atoms with Crippen molar-refractivity contribution in [2.24, 2.45) is 0 Å². The topological polar surface area (TPSA) is 59.3 Å². The first-order valence-electron chi connectivity index (χ1n) is 3.90. The molecule has 1 N–H and O–H groups in total. The molecule has 4 heteroatoms. The van der Waals surface area contributed by atoms with E-state index in [1.165, 1.54) is 6.07 Å². The summed E-state index contributed by atoms with van der Waals surface area (Å²) < 4.78 is 1.54. The zero-order chi connectivity index (χ0) is 10.0. The van der Waals surface area contributed by atoms with Gasteiger partial charge in [-0.15, -0.1) is 0 Å². The number of aromatic nitrogens is 1. The zero-order valence-corrected chi connectivity index (χ0v) is 7.57. The Morgan fingerprint density at radius 2 is 2.15 bits per heavy atom. The molecular weight excluding hydrogens is 170 g/mol. The SMILES string of the molecule is Cc1cn(CC(=O)O)c(C)cc1=O. The average molecular weight is 181 g/mol. The lowest BCUT2D eigenvalue weighted by Gasteiger charge is -2.07. The summed E-state index contributed by atoms with van der Waals surface area (Å²) in [5, 5.41) is 8.55. The molecule has 70 valence electrons. The normalized spacial score (nSPS) is 10.0. The average Bonchev–Trinajstić information content (AvgIpc) is 1.99. The van der Waals surface area contributed by atoms with Crippen LogP contribution in [0.4, 0.5) is 0 Å². The molecule has 1 heterocycles. The molecule has 1 rings (SSSR count). The van der Waals surface area contributed by atoms with Crippen molar-refractivity contribution in [3.63, 3.8) is 0 Å². The van der Waals surface area contributed by atoms with Crippen LogP contribution in [0.25, 0.3) is 0 Å². The van der Waals surface area contributed by atoms with E-state index in [1.807, 2.05) is 0 Å². The van der Waals surface area contributed by atoms with Gasteiger partial charge in [0.25, 0.3) is 0 Å². The second-order valence-corrected chi connectivity index (χ2v) is 2.98. The summed E-state index contributed by atoms with van der Waals surface area (Å²) >= 11 is 0. The Morgan fingerprint density at radius 1 is 1.54 bits per heavy atom. The van der Waals surface area contributed by atoms with E-state index in [9.17, 15) is 9.59 Å². The number of hydrogen-bond donors (Lipinski definition) is 1. The lowest BCUT2D eigenvalue weighted by molar-refractivity contribution is -0.137. The fourth-order valence-corrected chi connectivity index (χ4v) is 1.10. The van der Waals surface area contributed by atoms with E-state index in [0.29, 0.717) is 11.3 Å². The fraction of sp³-hybridized carbons (Fsp3) is 0.333. The van der Waals surface area contributed by atoms with Gasteiger partial charge in [-0.05, 0) is 13.8 Å². The predicted molar refractivity (Wildman–Crippen MR) is 47.8 cm³/mol. The van der Waals surface area contributed by atoms with Crippen molar-refractivity contribution in [1.82, 2.24) is 4.57 Å². The van der Waals surface area contributed by atoms with Gasteiger partial charge in [0, 0.05) is 23.5 Å². The third kappa shape index (κ3) is 2.18. The zero-order valence-electron chi connectivity index (χ0n) is 7.57. The van der Waals surface area contributed by atoms with Gasteiger partial charge in [0.15, 0.2) is 5.43 Å². The van der Waals surface area contributed by atoms with Gasteiger partial charge in [-0.25, -0.2) is 0 Å². The minimum Gasteiger partial charge on any atom is -0.480 e. The first kappa shape index (κ1) is 9.51. The van der Waals surface area contributed by atoms with Gasteiger partial charge in [0.2, 0.25) is 0 Å². The second-order valence-electron chi connectivity index (χ2n) is 2.98. The van der Waals surface area contributed by atoms with Crippen molar-refractivity contribution >= 4 is 5.97 Å². The number of nitrogens with zero attached hydrogens (tertiary/aromatic N) is 1. The van der Waals surface area contributed by atoms with Crippen LogP contribution in [0.5, 0.6) is 0 Å². The predicted octanol–water partition coefficient (Wildman–Crippen LogP) is 0.550. The monoisotopic (exact) mass is 181 g/mol. The minimum atomic E-state index is -0.911. The van der Waals surface area contributed by atoms with Crippen molar-refractivity contribution in [3.05, 3.63) is 33.7 Å². The van der Waals surface area contributed by atoms with E-state index >= 15 is 0 Å². The molecular formula is C9H11NO3. The highest BCUT2D eigenvalue weighted by Gasteiger charge is 2.03. The van der Waals surface area contributed by atoms with Crippen LogP contribution in [0.1, 0.15) is 11.3 Å². The third-order valence-electron chi connectivity index (χ3n) is 1.84. The van der Waals surface area contributed by atoms with E-state index in [2.05, 4.69) is 0 Å². The molecule has 1 aromatic rings. The van der Waals surface area contributed by atoms with Crippen LogP contribution in [0.15, 0.2) is 17.1 Å². The molecule has 0 radical (unpaired) electrons. The molecule has 0 saturated heterocycles. The van der Waals surface area contributed by atoms with Gasteiger partial charge in [-0.2, -0.15) is 0 Å². The highest BCUT2D eigenvalue weighted by atomic mass is 16.4. The maximum absolute atomic E-state index is 11.1. The molecule has 13 heavy (non-hydrogen) atoms. The fourth-order valence-electron chi connectivity index (χ4n) is 1.10. The van der Waals surface area contributed by atoms with Crippen LogP contribution < -0.4 is 5.43 Å². The molecule has 1 aromatic heterocycles. The molecule has 0 bridgehead atoms. The molecule has 0 saturated carbocycles. The van der Waals surface area contributed by atoms with Gasteiger partial charge in [0.1, 0.15) is 6.54 Å². The molecule has 0 aliphatic heterocycles. The van der Waals surface area contributed by atoms with Crippen molar-refractivity contribution < 1.29 is 9.90 Å². The van der Waals surface area contributed by atoms with Crippen LogP contribution in [0.2, 0.25) is 0 Å². The summed E-state index contributed by atoms with van der Waals surface area (Å²) in [4.78, 5) is 21.5. The van der Waals surface area contributed by atoms with Crippen LogP contribution in [0.3, 0.4) is 0 Å². The number of carboxylic acid groups (broad SMARTS) is 1. The summed E-state index contributed by atoms with van der Waals surface area (Å²) in [6, 6.07) is 1.44. The molecule has 4 nitrogen and oxygen atoms in total. The van der Waals surface area contributed by atoms with Crippen LogP contribution >= 0.6 is 0 Å². The van der Waals surface area contributed by atoms with Gasteiger partial charge in [0.05, 0.1) is 0 Å². The standard InChI is InChI=1S/C9H11NO3/c1-6-4-10(5-9(12)13)7(2)3-8(6)11/h3-4H,5H2,1-2H3,(H,12,13). The smallest absolute Gasteiger partial charge is 0.323 e. The summed E-state index contributed by atoms with van der Waals surface area (Å²) in [5.74, 6) is -0.911. The molecule has 0 fully saturated rings. The second kappa shape index (κ2) is 3.43. The number of carboxylic acids is 1. The Morgan fingerprint density at radius 3 is 2.69 bits per heavy atom.